The van der Waals surface area contributed by atoms with Crippen molar-refractivity contribution in [1.29, 1.82) is 0 Å². The number of nitrogens with zero attached hydrogens (tertiary/aromatic N) is 1. The summed E-state index contributed by atoms with van der Waals surface area (Å²) in [6.45, 7) is 5.69. The molecule has 0 aromatic carbocycles. The molecule has 4 N–H and O–H groups in total. The van der Waals surface area contributed by atoms with E-state index in [-0.39, 0.29) is 6.04 Å². The summed E-state index contributed by atoms with van der Waals surface area (Å²) in [5.41, 5.74) is 2.57. The topological polar surface area (TPSA) is 71.7 Å². The minimum atomic E-state index is 0.256. The van der Waals surface area contributed by atoms with Crippen LogP contribution in [0.2, 0.25) is 0 Å². The first-order chi connectivity index (χ1) is 7.28. The molecule has 0 aliphatic heterocycles. The van der Waals surface area contributed by atoms with Crippen LogP contribution in [0.25, 0.3) is 0 Å². The van der Waals surface area contributed by atoms with Gasteiger partial charge in [-0.1, -0.05) is 20.3 Å². The molecule has 90 valence electrons. The summed E-state index contributed by atoms with van der Waals surface area (Å²) >= 11 is 0. The maximum atomic E-state index is 5.37. The summed E-state index contributed by atoms with van der Waals surface area (Å²) in [5, 5.41) is 3.20. The summed E-state index contributed by atoms with van der Waals surface area (Å²) in [4.78, 5) is 4.32. The van der Waals surface area contributed by atoms with Crippen molar-refractivity contribution >= 4 is 5.96 Å². The number of unbranched alkanes of at least 4 members (excludes halogenated alkanes) is 1. The second kappa shape index (κ2) is 9.73. The normalized spacial score (nSPS) is 13.7. The number of hydrazine groups is 1. The molecule has 0 aliphatic rings. The molecular formula is C10H24N4O. The molecule has 0 radical (unpaired) electrons. The van der Waals surface area contributed by atoms with Gasteiger partial charge in [-0.25, -0.2) is 5.84 Å². The van der Waals surface area contributed by atoms with Crippen molar-refractivity contribution in [3.63, 3.8) is 0 Å². The van der Waals surface area contributed by atoms with Crippen LogP contribution >= 0.6 is 0 Å². The zero-order valence-corrected chi connectivity index (χ0v) is 10.0. The van der Waals surface area contributed by atoms with Gasteiger partial charge in [-0.05, 0) is 12.8 Å². The highest BCUT2D eigenvalue weighted by molar-refractivity contribution is 5.79. The second-order valence-electron chi connectivity index (χ2n) is 3.43. The Morgan fingerprint density at radius 3 is 2.67 bits per heavy atom. The van der Waals surface area contributed by atoms with E-state index in [4.69, 9.17) is 10.6 Å². The average Bonchev–Trinajstić information content (AvgIpc) is 2.26. The van der Waals surface area contributed by atoms with Crippen LogP contribution in [0.1, 0.15) is 33.1 Å². The number of hydrogen-bond acceptors (Lipinski definition) is 3. The van der Waals surface area contributed by atoms with Gasteiger partial charge in [-0.3, -0.25) is 10.4 Å². The first kappa shape index (κ1) is 14.2. The Balaban J connectivity index is 3.98. The number of ether oxygens (including phenoxy) is 1. The molecule has 0 saturated carbocycles. The Morgan fingerprint density at radius 1 is 1.47 bits per heavy atom. The van der Waals surface area contributed by atoms with E-state index in [1.807, 2.05) is 0 Å². The number of rotatable bonds is 7. The predicted molar refractivity (Wildman–Crippen MR) is 63.6 cm³/mol. The van der Waals surface area contributed by atoms with Gasteiger partial charge in [0, 0.05) is 13.7 Å². The highest BCUT2D eigenvalue weighted by atomic mass is 16.5. The van der Waals surface area contributed by atoms with Crippen molar-refractivity contribution in [2.75, 3.05) is 20.3 Å². The first-order valence-corrected chi connectivity index (χ1v) is 5.54. The number of nitrogens with one attached hydrogen (secondary N) is 2. The van der Waals surface area contributed by atoms with Gasteiger partial charge in [0.25, 0.3) is 0 Å². The van der Waals surface area contributed by atoms with Crippen molar-refractivity contribution in [3.8, 4) is 0 Å². The maximum absolute atomic E-state index is 5.37. The van der Waals surface area contributed by atoms with E-state index in [0.717, 1.165) is 25.8 Å². The smallest absolute Gasteiger partial charge is 0.206 e. The van der Waals surface area contributed by atoms with Crippen molar-refractivity contribution in [2.45, 2.75) is 39.2 Å². The van der Waals surface area contributed by atoms with E-state index < -0.39 is 0 Å². The lowest BCUT2D eigenvalue weighted by molar-refractivity contribution is 0.171. The number of hydrogen-bond donors (Lipinski definition) is 3. The standard InChI is InChI=1S/C10H24N4O/c1-4-6-7-12-10(14-11)13-9(5-2)8-15-3/h9H,4-8,11H2,1-3H3,(H2,12,13,14). The van der Waals surface area contributed by atoms with Gasteiger partial charge in [0.05, 0.1) is 12.6 Å². The molecule has 0 amide bonds. The van der Waals surface area contributed by atoms with Crippen molar-refractivity contribution in [2.24, 2.45) is 10.8 Å². The lowest BCUT2D eigenvalue weighted by Crippen LogP contribution is -2.47. The molecule has 15 heavy (non-hydrogen) atoms. The minimum Gasteiger partial charge on any atom is -0.383 e. The highest BCUT2D eigenvalue weighted by Crippen LogP contribution is 1.92. The number of aliphatic imine (C=N–C) groups is 1. The second-order valence-corrected chi connectivity index (χ2v) is 3.43. The van der Waals surface area contributed by atoms with E-state index in [9.17, 15) is 0 Å². The van der Waals surface area contributed by atoms with Crippen LogP contribution in [-0.4, -0.2) is 32.3 Å². The molecule has 5 nitrogen and oxygen atoms in total. The third kappa shape index (κ3) is 7.16. The molecule has 0 spiro atoms. The Bertz CT molecular complexity index is 173. The van der Waals surface area contributed by atoms with Crippen molar-refractivity contribution in [3.05, 3.63) is 0 Å². The fraction of sp³-hybridized carbons (Fsp3) is 0.900. The monoisotopic (exact) mass is 216 g/mol. The molecule has 0 fully saturated rings. The number of nitrogens with two attached hydrogens (primary N) is 1. The Hall–Kier alpha value is -0.810. The number of methoxy groups -OCH3 is 1. The molecule has 0 bridgehead atoms. The summed E-state index contributed by atoms with van der Waals surface area (Å²) in [7, 11) is 1.69. The van der Waals surface area contributed by atoms with E-state index in [1.165, 1.54) is 0 Å². The fourth-order valence-electron chi connectivity index (χ4n) is 1.14. The molecule has 1 unspecified atom stereocenters. The molecular weight excluding hydrogens is 192 g/mol. The zero-order chi connectivity index (χ0) is 11.5. The average molecular weight is 216 g/mol. The lowest BCUT2D eigenvalue weighted by atomic mass is 10.2. The Kier molecular flexibility index (Phi) is 9.21. The van der Waals surface area contributed by atoms with Gasteiger partial charge in [0.2, 0.25) is 5.96 Å². The van der Waals surface area contributed by atoms with Gasteiger partial charge >= 0.3 is 0 Å². The summed E-state index contributed by atoms with van der Waals surface area (Å²) in [5.74, 6) is 6.02. The number of guanidine groups is 1. The molecule has 0 aliphatic carbocycles. The van der Waals surface area contributed by atoms with E-state index in [1.54, 1.807) is 7.11 Å². The lowest BCUT2D eigenvalue weighted by Gasteiger charge is -2.18. The molecule has 1 atom stereocenters. The fourth-order valence-corrected chi connectivity index (χ4v) is 1.14. The molecule has 0 aromatic heterocycles. The maximum Gasteiger partial charge on any atom is 0.206 e. The summed E-state index contributed by atoms with van der Waals surface area (Å²) in [6.07, 6.45) is 3.19. The summed E-state index contributed by atoms with van der Waals surface area (Å²) < 4.78 is 5.08. The molecule has 0 aromatic rings. The van der Waals surface area contributed by atoms with Gasteiger partial charge < -0.3 is 10.1 Å². The molecule has 0 rings (SSSR count). The molecule has 0 saturated heterocycles. The highest BCUT2D eigenvalue weighted by Gasteiger charge is 2.06. The van der Waals surface area contributed by atoms with Crippen LogP contribution in [0.5, 0.6) is 0 Å². The molecule has 5 heteroatoms. The van der Waals surface area contributed by atoms with E-state index >= 15 is 0 Å². The van der Waals surface area contributed by atoms with E-state index in [0.29, 0.717) is 12.6 Å². The van der Waals surface area contributed by atoms with Crippen molar-refractivity contribution in [1.82, 2.24) is 10.7 Å². The Labute approximate surface area is 92.4 Å². The van der Waals surface area contributed by atoms with Crippen LogP contribution in [0.4, 0.5) is 0 Å². The van der Waals surface area contributed by atoms with Gasteiger partial charge in [-0.2, -0.15) is 0 Å². The molecule has 0 heterocycles. The quantitative estimate of drug-likeness (QED) is 0.192. The van der Waals surface area contributed by atoms with Gasteiger partial charge in [0.1, 0.15) is 0 Å². The Morgan fingerprint density at radius 2 is 2.20 bits per heavy atom. The van der Waals surface area contributed by atoms with Crippen molar-refractivity contribution < 1.29 is 4.74 Å². The largest absolute Gasteiger partial charge is 0.383 e. The zero-order valence-electron chi connectivity index (χ0n) is 10.0. The third-order valence-electron chi connectivity index (χ3n) is 2.12. The third-order valence-corrected chi connectivity index (χ3v) is 2.12. The minimum absolute atomic E-state index is 0.256. The SMILES string of the molecule is CCCCN=C(NN)NC(CC)COC. The van der Waals surface area contributed by atoms with Crippen LogP contribution in [0.15, 0.2) is 4.99 Å². The first-order valence-electron chi connectivity index (χ1n) is 5.54. The van der Waals surface area contributed by atoms with Crippen LogP contribution in [-0.2, 0) is 4.74 Å². The van der Waals surface area contributed by atoms with Crippen LogP contribution in [0.3, 0.4) is 0 Å². The van der Waals surface area contributed by atoms with Gasteiger partial charge in [0.15, 0.2) is 0 Å². The predicted octanol–water partition coefficient (Wildman–Crippen LogP) is 0.620. The van der Waals surface area contributed by atoms with Crippen LogP contribution in [0, 0.1) is 0 Å². The van der Waals surface area contributed by atoms with Crippen LogP contribution < -0.4 is 16.6 Å². The van der Waals surface area contributed by atoms with Gasteiger partial charge in [-0.15, -0.1) is 0 Å². The summed E-state index contributed by atoms with van der Waals surface area (Å²) in [6, 6.07) is 0.256. The van der Waals surface area contributed by atoms with E-state index in [2.05, 4.69) is 29.6 Å².